The zero-order valence-electron chi connectivity index (χ0n) is 17.2. The molecule has 0 N–H and O–H groups in total. The Hall–Kier alpha value is -3.34. The molecule has 0 unspecified atom stereocenters. The number of ether oxygens (including phenoxy) is 3. The van der Waals surface area contributed by atoms with Gasteiger partial charge < -0.3 is 14.2 Å². The second-order valence-corrected chi connectivity index (χ2v) is 6.87. The summed E-state index contributed by atoms with van der Waals surface area (Å²) in [5, 5.41) is 0. The molecular formula is C25H25FO4. The predicted molar refractivity (Wildman–Crippen MR) is 113 cm³/mol. The van der Waals surface area contributed by atoms with Crippen LogP contribution in [0.15, 0.2) is 66.7 Å². The van der Waals surface area contributed by atoms with Gasteiger partial charge in [-0.2, -0.15) is 0 Å². The maximum Gasteiger partial charge on any atom is 0.306 e. The van der Waals surface area contributed by atoms with E-state index in [2.05, 4.69) is 0 Å². The summed E-state index contributed by atoms with van der Waals surface area (Å²) < 4.78 is 30.8. The van der Waals surface area contributed by atoms with Gasteiger partial charge in [-0.05, 0) is 67.3 Å². The Morgan fingerprint density at radius 2 is 1.77 bits per heavy atom. The van der Waals surface area contributed by atoms with E-state index in [-0.39, 0.29) is 24.7 Å². The van der Waals surface area contributed by atoms with Crippen molar-refractivity contribution in [3.8, 4) is 17.2 Å². The Morgan fingerprint density at radius 1 is 0.933 bits per heavy atom. The number of aryl methyl sites for hydroxylation is 2. The Bertz CT molecular complexity index is 1000. The number of halogens is 1. The van der Waals surface area contributed by atoms with Gasteiger partial charge in [0.15, 0.2) is 11.6 Å². The largest absolute Gasteiger partial charge is 0.486 e. The third-order valence-electron chi connectivity index (χ3n) is 4.53. The summed E-state index contributed by atoms with van der Waals surface area (Å²) in [4.78, 5) is 11.4. The van der Waals surface area contributed by atoms with E-state index in [0.717, 1.165) is 22.4 Å². The van der Waals surface area contributed by atoms with Crippen molar-refractivity contribution in [1.29, 1.82) is 0 Å². The standard InChI is InChI=1S/C25H25FO4/c1-3-28-25(27)14-12-19-11-13-24(22(26)16-19)29-17-20-8-6-9-21(15-20)30-23-10-5-4-7-18(23)2/h4-11,13,15-16H,3,12,14,17H2,1-2H3. The molecule has 3 aromatic rings. The maximum atomic E-state index is 14.4. The molecule has 0 saturated heterocycles. The molecule has 0 aliphatic rings. The van der Waals surface area contributed by atoms with E-state index in [0.29, 0.717) is 18.8 Å². The molecule has 0 atom stereocenters. The Kier molecular flexibility index (Phi) is 7.44. The van der Waals surface area contributed by atoms with Crippen molar-refractivity contribution >= 4 is 5.97 Å². The van der Waals surface area contributed by atoms with Gasteiger partial charge in [0.05, 0.1) is 6.61 Å². The molecule has 0 fully saturated rings. The van der Waals surface area contributed by atoms with Crippen LogP contribution in [0.2, 0.25) is 0 Å². The molecule has 3 rings (SSSR count). The number of rotatable bonds is 9. The third kappa shape index (κ3) is 6.08. The van der Waals surface area contributed by atoms with Crippen LogP contribution in [0.5, 0.6) is 17.2 Å². The highest BCUT2D eigenvalue weighted by Crippen LogP contribution is 2.26. The highest BCUT2D eigenvalue weighted by Gasteiger charge is 2.09. The maximum absolute atomic E-state index is 14.4. The molecule has 4 nitrogen and oxygen atoms in total. The van der Waals surface area contributed by atoms with Crippen LogP contribution >= 0.6 is 0 Å². The van der Waals surface area contributed by atoms with Gasteiger partial charge in [0, 0.05) is 6.42 Å². The lowest BCUT2D eigenvalue weighted by Gasteiger charge is -2.11. The number of para-hydroxylation sites is 1. The normalized spacial score (nSPS) is 10.5. The lowest BCUT2D eigenvalue weighted by atomic mass is 10.1. The van der Waals surface area contributed by atoms with Crippen molar-refractivity contribution in [3.05, 3.63) is 89.2 Å². The van der Waals surface area contributed by atoms with Crippen LogP contribution < -0.4 is 9.47 Å². The Labute approximate surface area is 176 Å². The number of esters is 1. The first-order valence-electron chi connectivity index (χ1n) is 9.94. The van der Waals surface area contributed by atoms with E-state index in [1.54, 1.807) is 19.1 Å². The van der Waals surface area contributed by atoms with Crippen LogP contribution in [-0.4, -0.2) is 12.6 Å². The topological polar surface area (TPSA) is 44.8 Å². The van der Waals surface area contributed by atoms with E-state index < -0.39 is 5.82 Å². The van der Waals surface area contributed by atoms with Gasteiger partial charge in [0.2, 0.25) is 0 Å². The van der Waals surface area contributed by atoms with Crippen LogP contribution in [0.3, 0.4) is 0 Å². The van der Waals surface area contributed by atoms with Crippen LogP contribution in [0.1, 0.15) is 30.0 Å². The van der Waals surface area contributed by atoms with Gasteiger partial charge in [0.1, 0.15) is 18.1 Å². The van der Waals surface area contributed by atoms with Gasteiger partial charge in [-0.3, -0.25) is 4.79 Å². The first kappa shape index (κ1) is 21.4. The molecule has 0 amide bonds. The fourth-order valence-electron chi connectivity index (χ4n) is 2.95. The lowest BCUT2D eigenvalue weighted by molar-refractivity contribution is -0.143. The van der Waals surface area contributed by atoms with Crippen molar-refractivity contribution in [2.45, 2.75) is 33.3 Å². The summed E-state index contributed by atoms with van der Waals surface area (Å²) in [5.41, 5.74) is 2.64. The zero-order chi connectivity index (χ0) is 21.3. The number of hydrogen-bond donors (Lipinski definition) is 0. The molecule has 0 heterocycles. The lowest BCUT2D eigenvalue weighted by Crippen LogP contribution is -2.05. The van der Waals surface area contributed by atoms with Crippen LogP contribution in [0.25, 0.3) is 0 Å². The molecule has 0 aliphatic heterocycles. The minimum absolute atomic E-state index is 0.167. The van der Waals surface area contributed by atoms with Crippen LogP contribution in [0, 0.1) is 12.7 Å². The number of carbonyl (C=O) groups excluding carboxylic acids is 1. The molecule has 156 valence electrons. The summed E-state index contributed by atoms with van der Waals surface area (Å²) >= 11 is 0. The SMILES string of the molecule is CCOC(=O)CCc1ccc(OCc2cccc(Oc3ccccc3C)c2)c(F)c1. The van der Waals surface area contributed by atoms with E-state index in [1.165, 1.54) is 6.07 Å². The number of carbonyl (C=O) groups is 1. The van der Waals surface area contributed by atoms with Gasteiger partial charge >= 0.3 is 5.97 Å². The summed E-state index contributed by atoms with van der Waals surface area (Å²) in [6.45, 7) is 4.30. The first-order valence-corrected chi connectivity index (χ1v) is 9.94. The highest BCUT2D eigenvalue weighted by molar-refractivity contribution is 5.69. The summed E-state index contributed by atoms with van der Waals surface area (Å²) in [6.07, 6.45) is 0.648. The average molecular weight is 408 g/mol. The molecule has 0 aromatic heterocycles. The summed E-state index contributed by atoms with van der Waals surface area (Å²) in [5.74, 6) is 0.912. The van der Waals surface area contributed by atoms with Crippen LogP contribution in [-0.2, 0) is 22.6 Å². The summed E-state index contributed by atoms with van der Waals surface area (Å²) in [6, 6.07) is 20.0. The van der Waals surface area contributed by atoms with Gasteiger partial charge in [0.25, 0.3) is 0 Å². The molecular weight excluding hydrogens is 383 g/mol. The second-order valence-electron chi connectivity index (χ2n) is 6.87. The van der Waals surface area contributed by atoms with E-state index in [4.69, 9.17) is 14.2 Å². The van der Waals surface area contributed by atoms with Crippen LogP contribution in [0.4, 0.5) is 4.39 Å². The minimum Gasteiger partial charge on any atom is -0.486 e. The van der Waals surface area contributed by atoms with Crippen molar-refractivity contribution in [2.24, 2.45) is 0 Å². The molecule has 0 saturated carbocycles. The fourth-order valence-corrected chi connectivity index (χ4v) is 2.95. The number of benzene rings is 3. The van der Waals surface area contributed by atoms with E-state index in [1.807, 2.05) is 55.5 Å². The van der Waals surface area contributed by atoms with Crippen molar-refractivity contribution < 1.29 is 23.4 Å². The molecule has 5 heteroatoms. The van der Waals surface area contributed by atoms with Gasteiger partial charge in [-0.15, -0.1) is 0 Å². The smallest absolute Gasteiger partial charge is 0.306 e. The predicted octanol–water partition coefficient (Wildman–Crippen LogP) is 6.00. The van der Waals surface area contributed by atoms with Gasteiger partial charge in [-0.1, -0.05) is 36.4 Å². The minimum atomic E-state index is -0.455. The average Bonchev–Trinajstić information content (AvgIpc) is 2.74. The molecule has 30 heavy (non-hydrogen) atoms. The molecule has 0 bridgehead atoms. The van der Waals surface area contributed by atoms with E-state index >= 15 is 0 Å². The highest BCUT2D eigenvalue weighted by atomic mass is 19.1. The summed E-state index contributed by atoms with van der Waals surface area (Å²) in [7, 11) is 0. The molecule has 0 spiro atoms. The van der Waals surface area contributed by atoms with Crippen molar-refractivity contribution in [2.75, 3.05) is 6.61 Å². The monoisotopic (exact) mass is 408 g/mol. The second kappa shape index (κ2) is 10.4. The van der Waals surface area contributed by atoms with E-state index in [9.17, 15) is 9.18 Å². The molecule has 3 aromatic carbocycles. The molecule has 0 radical (unpaired) electrons. The first-order chi connectivity index (χ1) is 14.5. The molecule has 0 aliphatic carbocycles. The number of hydrogen-bond acceptors (Lipinski definition) is 4. The quantitative estimate of drug-likeness (QED) is 0.407. The van der Waals surface area contributed by atoms with Crippen molar-refractivity contribution in [3.63, 3.8) is 0 Å². The fraction of sp³-hybridized carbons (Fsp3) is 0.240. The zero-order valence-corrected chi connectivity index (χ0v) is 17.2. The van der Waals surface area contributed by atoms with Gasteiger partial charge in [-0.25, -0.2) is 4.39 Å². The van der Waals surface area contributed by atoms with Crippen molar-refractivity contribution in [1.82, 2.24) is 0 Å². The third-order valence-corrected chi connectivity index (χ3v) is 4.53. The Morgan fingerprint density at radius 3 is 2.53 bits per heavy atom. The Balaban J connectivity index is 1.59.